The van der Waals surface area contributed by atoms with Crippen LogP contribution in [0.25, 0.3) is 0 Å². The molecule has 9 nitrogen and oxygen atoms in total. The van der Waals surface area contributed by atoms with Crippen LogP contribution in [0.3, 0.4) is 0 Å². The van der Waals surface area contributed by atoms with Crippen LogP contribution >= 0.6 is 0 Å². The SMILES string of the molecule is CC(CNC(=O)C1CC(O)CN1C(=O)[C@@H](n1cc(C2CC2)nn1)C(C)(C)C)N(C)C1CC1. The Morgan fingerprint density at radius 1 is 1.28 bits per heavy atom. The molecule has 178 valence electrons. The minimum atomic E-state index is -0.709. The quantitative estimate of drug-likeness (QED) is 0.624. The smallest absolute Gasteiger partial charge is 0.248 e. The van der Waals surface area contributed by atoms with Gasteiger partial charge in [0.25, 0.3) is 0 Å². The van der Waals surface area contributed by atoms with Gasteiger partial charge in [0.2, 0.25) is 11.8 Å². The molecule has 32 heavy (non-hydrogen) atoms. The first-order valence-corrected chi connectivity index (χ1v) is 12.0. The maximum absolute atomic E-state index is 13.7. The third-order valence-electron chi connectivity index (χ3n) is 7.10. The monoisotopic (exact) mass is 446 g/mol. The lowest BCUT2D eigenvalue weighted by molar-refractivity contribution is -0.144. The summed E-state index contributed by atoms with van der Waals surface area (Å²) in [6.45, 7) is 8.76. The molecule has 2 heterocycles. The van der Waals surface area contributed by atoms with Crippen LogP contribution in [0.15, 0.2) is 6.20 Å². The zero-order valence-electron chi connectivity index (χ0n) is 20.0. The maximum Gasteiger partial charge on any atom is 0.248 e. The molecule has 1 aromatic heterocycles. The van der Waals surface area contributed by atoms with Gasteiger partial charge in [0.15, 0.2) is 0 Å². The van der Waals surface area contributed by atoms with Crippen molar-refractivity contribution in [1.29, 1.82) is 0 Å². The summed E-state index contributed by atoms with van der Waals surface area (Å²) in [5.41, 5.74) is 0.498. The number of likely N-dealkylation sites (tertiary alicyclic amines) is 1. The van der Waals surface area contributed by atoms with E-state index in [1.807, 2.05) is 27.0 Å². The Balaban J connectivity index is 1.46. The van der Waals surface area contributed by atoms with Crippen LogP contribution in [0.5, 0.6) is 0 Å². The molecular formula is C23H38N6O3. The van der Waals surface area contributed by atoms with E-state index in [2.05, 4.69) is 34.5 Å². The molecule has 1 aliphatic heterocycles. The number of carbonyl (C=O) groups excluding carboxylic acids is 2. The minimum absolute atomic E-state index is 0.158. The first kappa shape index (κ1) is 23.2. The third-order valence-corrected chi connectivity index (χ3v) is 7.10. The molecule has 4 atom stereocenters. The van der Waals surface area contributed by atoms with Crippen molar-refractivity contribution >= 4 is 11.8 Å². The Labute approximate surface area is 190 Å². The van der Waals surface area contributed by atoms with Crippen molar-refractivity contribution in [2.24, 2.45) is 5.41 Å². The van der Waals surface area contributed by atoms with E-state index in [9.17, 15) is 14.7 Å². The molecule has 9 heteroatoms. The second kappa shape index (κ2) is 8.74. The van der Waals surface area contributed by atoms with Crippen LogP contribution in [-0.2, 0) is 9.59 Å². The predicted molar refractivity (Wildman–Crippen MR) is 120 cm³/mol. The van der Waals surface area contributed by atoms with Crippen LogP contribution in [0.1, 0.15) is 77.5 Å². The van der Waals surface area contributed by atoms with E-state index in [4.69, 9.17) is 0 Å². The summed E-state index contributed by atoms with van der Waals surface area (Å²) in [4.78, 5) is 30.6. The fraction of sp³-hybridized carbons (Fsp3) is 0.826. The number of nitrogens with one attached hydrogen (secondary N) is 1. The van der Waals surface area contributed by atoms with Crippen LogP contribution in [0.2, 0.25) is 0 Å². The number of aliphatic hydroxyl groups excluding tert-OH is 1. The standard InChI is InChI=1S/C23H38N6O3/c1-14(27(5)16-8-9-16)11-24-21(31)19-10-17(30)12-28(19)22(32)20(23(2,3)4)29-13-18(25-26-29)15-6-7-15/h13-17,19-20,30H,6-12H2,1-5H3,(H,24,31)/t14?,17?,19?,20-/m1/s1. The van der Waals surface area contributed by atoms with Gasteiger partial charge in [0.1, 0.15) is 12.1 Å². The normalized spacial score (nSPS) is 25.8. The molecule has 1 saturated heterocycles. The molecule has 0 aromatic carbocycles. The first-order valence-electron chi connectivity index (χ1n) is 12.0. The van der Waals surface area contributed by atoms with Gasteiger partial charge in [-0.2, -0.15) is 0 Å². The van der Waals surface area contributed by atoms with Gasteiger partial charge in [0.05, 0.1) is 11.8 Å². The highest BCUT2D eigenvalue weighted by Crippen LogP contribution is 2.40. The number of amides is 2. The van der Waals surface area contributed by atoms with Gasteiger partial charge in [-0.05, 0) is 45.1 Å². The highest BCUT2D eigenvalue weighted by molar-refractivity contribution is 5.90. The first-order chi connectivity index (χ1) is 15.1. The van der Waals surface area contributed by atoms with E-state index in [1.165, 1.54) is 12.8 Å². The number of hydrogen-bond acceptors (Lipinski definition) is 6. The summed E-state index contributed by atoms with van der Waals surface area (Å²) < 4.78 is 1.66. The molecule has 3 fully saturated rings. The van der Waals surface area contributed by atoms with E-state index in [-0.39, 0.29) is 30.8 Å². The van der Waals surface area contributed by atoms with Crippen LogP contribution < -0.4 is 5.32 Å². The van der Waals surface area contributed by atoms with Gasteiger partial charge in [0, 0.05) is 43.7 Å². The van der Waals surface area contributed by atoms with Gasteiger partial charge in [-0.15, -0.1) is 5.10 Å². The summed E-state index contributed by atoms with van der Waals surface area (Å²) in [6.07, 6.45) is 6.08. The van der Waals surface area contributed by atoms with Crippen molar-refractivity contribution < 1.29 is 14.7 Å². The van der Waals surface area contributed by atoms with Crippen molar-refractivity contribution in [3.8, 4) is 0 Å². The summed E-state index contributed by atoms with van der Waals surface area (Å²) in [5.74, 6) is 0.0582. The second-order valence-corrected chi connectivity index (χ2v) is 11.1. The molecule has 0 spiro atoms. The zero-order chi connectivity index (χ0) is 23.2. The maximum atomic E-state index is 13.7. The Morgan fingerprint density at radius 2 is 1.97 bits per heavy atom. The number of aliphatic hydroxyl groups is 1. The molecular weight excluding hydrogens is 408 g/mol. The molecule has 0 radical (unpaired) electrons. The van der Waals surface area contributed by atoms with Gasteiger partial charge in [-0.25, -0.2) is 4.68 Å². The Morgan fingerprint density at radius 3 is 2.56 bits per heavy atom. The van der Waals surface area contributed by atoms with Gasteiger partial charge >= 0.3 is 0 Å². The molecule has 3 unspecified atom stereocenters. The molecule has 2 saturated carbocycles. The average Bonchev–Trinajstić information content (AvgIpc) is 3.65. The fourth-order valence-electron chi connectivity index (χ4n) is 4.68. The number of aromatic nitrogens is 3. The Kier molecular flexibility index (Phi) is 6.33. The number of carbonyl (C=O) groups is 2. The third kappa shape index (κ3) is 4.98. The van der Waals surface area contributed by atoms with Crippen LogP contribution in [0, 0.1) is 5.41 Å². The van der Waals surface area contributed by atoms with E-state index in [0.717, 1.165) is 18.5 Å². The number of nitrogens with zero attached hydrogens (tertiary/aromatic N) is 5. The van der Waals surface area contributed by atoms with Crippen molar-refractivity contribution in [3.05, 3.63) is 11.9 Å². The molecule has 3 aliphatic rings. The van der Waals surface area contributed by atoms with E-state index < -0.39 is 23.6 Å². The van der Waals surface area contributed by atoms with Crippen molar-refractivity contribution in [3.63, 3.8) is 0 Å². The number of rotatable bonds is 8. The van der Waals surface area contributed by atoms with Crippen molar-refractivity contribution in [2.75, 3.05) is 20.1 Å². The minimum Gasteiger partial charge on any atom is -0.391 e. The van der Waals surface area contributed by atoms with Gasteiger partial charge in [-0.1, -0.05) is 26.0 Å². The molecule has 4 rings (SSSR count). The highest BCUT2D eigenvalue weighted by atomic mass is 16.3. The zero-order valence-corrected chi connectivity index (χ0v) is 20.0. The Bertz CT molecular complexity index is 841. The van der Waals surface area contributed by atoms with E-state index >= 15 is 0 Å². The lowest BCUT2D eigenvalue weighted by Gasteiger charge is -2.34. The second-order valence-electron chi connectivity index (χ2n) is 11.1. The largest absolute Gasteiger partial charge is 0.391 e. The molecule has 1 aromatic rings. The lowest BCUT2D eigenvalue weighted by atomic mass is 9.85. The van der Waals surface area contributed by atoms with Crippen molar-refractivity contribution in [1.82, 2.24) is 30.1 Å². The van der Waals surface area contributed by atoms with Gasteiger partial charge < -0.3 is 15.3 Å². The number of likely N-dealkylation sites (N-methyl/N-ethyl adjacent to an activating group) is 1. The average molecular weight is 447 g/mol. The fourth-order valence-corrected chi connectivity index (χ4v) is 4.68. The van der Waals surface area contributed by atoms with Crippen molar-refractivity contribution in [2.45, 2.75) is 96.0 Å². The highest BCUT2D eigenvalue weighted by Gasteiger charge is 2.45. The van der Waals surface area contributed by atoms with Crippen LogP contribution in [-0.4, -0.2) is 86.1 Å². The lowest BCUT2D eigenvalue weighted by Crippen LogP contribution is -2.52. The topological polar surface area (TPSA) is 104 Å². The summed E-state index contributed by atoms with van der Waals surface area (Å²) in [7, 11) is 2.09. The summed E-state index contributed by atoms with van der Waals surface area (Å²) in [5, 5.41) is 21.9. The van der Waals surface area contributed by atoms with Gasteiger partial charge in [-0.3, -0.25) is 14.5 Å². The van der Waals surface area contributed by atoms with E-state index in [0.29, 0.717) is 18.5 Å². The molecule has 2 amide bonds. The van der Waals surface area contributed by atoms with E-state index in [1.54, 1.807) is 9.58 Å². The summed E-state index contributed by atoms with van der Waals surface area (Å²) in [6, 6.07) is -0.431. The molecule has 2 N–H and O–H groups in total. The number of hydrogen-bond donors (Lipinski definition) is 2. The molecule has 2 aliphatic carbocycles. The Hall–Kier alpha value is -2.00. The van der Waals surface area contributed by atoms with Crippen LogP contribution in [0.4, 0.5) is 0 Å². The predicted octanol–water partition coefficient (Wildman–Crippen LogP) is 1.30. The molecule has 0 bridgehead atoms. The summed E-state index contributed by atoms with van der Waals surface area (Å²) >= 11 is 0. The number of β-amino-alcohol motifs (C(OH)–C–C–N with tert-alkyl or cyclic N) is 1.